The van der Waals surface area contributed by atoms with Crippen molar-refractivity contribution < 1.29 is 28.9 Å². The van der Waals surface area contributed by atoms with Gasteiger partial charge in [0.25, 0.3) is 0 Å². The van der Waals surface area contributed by atoms with Gasteiger partial charge in [0.1, 0.15) is 0 Å². The summed E-state index contributed by atoms with van der Waals surface area (Å²) in [6.07, 6.45) is 9.24. The first-order valence-electron chi connectivity index (χ1n) is 5.05. The van der Waals surface area contributed by atoms with Crippen molar-refractivity contribution in [2.75, 3.05) is 13.1 Å². The highest BCUT2D eigenvalue weighted by Crippen LogP contribution is 2.06. The Bertz CT molecular complexity index is 242. The van der Waals surface area contributed by atoms with Crippen molar-refractivity contribution in [1.29, 1.82) is 0 Å². The van der Waals surface area contributed by atoms with Crippen LogP contribution in [0.3, 0.4) is 0 Å². The van der Waals surface area contributed by atoms with Crippen LogP contribution in [-0.2, 0) is 0 Å². The Morgan fingerprint density at radius 3 is 2.38 bits per heavy atom. The van der Waals surface area contributed by atoms with E-state index in [0.717, 1.165) is 6.54 Å². The molecular formula is C10H18ClNO4. The van der Waals surface area contributed by atoms with Crippen LogP contribution in [0.5, 0.6) is 0 Å². The molecule has 0 amide bonds. The lowest BCUT2D eigenvalue weighted by molar-refractivity contribution is -1.92. The standard InChI is InChI=1S/C10H17N.ClHO4/c1-3-4-7-11-8-5-10(2)6-9-11;2-1(3,4)5/h5-6,8H,3-4,7,9H2,1-2H3;(H,2,3,4,5). The lowest BCUT2D eigenvalue weighted by atomic mass is 10.2. The van der Waals surface area contributed by atoms with Gasteiger partial charge in [-0.2, -0.15) is 14.0 Å². The molecule has 1 N–H and O–H groups in total. The van der Waals surface area contributed by atoms with Gasteiger partial charge in [0.2, 0.25) is 0 Å². The van der Waals surface area contributed by atoms with E-state index in [4.69, 9.17) is 18.6 Å². The zero-order valence-electron chi connectivity index (χ0n) is 9.56. The molecule has 1 aliphatic heterocycles. The molecule has 0 aliphatic carbocycles. The fourth-order valence-electron chi connectivity index (χ4n) is 1.14. The molecular weight excluding hydrogens is 234 g/mol. The first-order chi connectivity index (χ1) is 7.33. The maximum Gasteiger partial charge on any atom is 0.0777 e. The van der Waals surface area contributed by atoms with Crippen LogP contribution >= 0.6 is 0 Å². The van der Waals surface area contributed by atoms with E-state index in [-0.39, 0.29) is 0 Å². The summed E-state index contributed by atoms with van der Waals surface area (Å²) in [6, 6.07) is 0. The summed E-state index contributed by atoms with van der Waals surface area (Å²) in [4.78, 5) is 2.36. The molecule has 1 heterocycles. The van der Waals surface area contributed by atoms with Crippen LogP contribution in [0.1, 0.15) is 26.7 Å². The van der Waals surface area contributed by atoms with Crippen LogP contribution in [0.25, 0.3) is 0 Å². The van der Waals surface area contributed by atoms with Gasteiger partial charge in [-0.25, -0.2) is 0 Å². The molecule has 0 aromatic rings. The van der Waals surface area contributed by atoms with Gasteiger partial charge in [-0.3, -0.25) is 0 Å². The van der Waals surface area contributed by atoms with Crippen molar-refractivity contribution in [3.8, 4) is 0 Å². The quantitative estimate of drug-likeness (QED) is 0.655. The molecule has 1 rings (SSSR count). The van der Waals surface area contributed by atoms with Crippen molar-refractivity contribution >= 4 is 0 Å². The Balaban J connectivity index is 0.000000385. The Morgan fingerprint density at radius 1 is 1.44 bits per heavy atom. The summed E-state index contributed by atoms with van der Waals surface area (Å²) >= 11 is 0. The predicted molar refractivity (Wildman–Crippen MR) is 51.6 cm³/mol. The minimum absolute atomic E-state index is 1.10. The van der Waals surface area contributed by atoms with Gasteiger partial charge in [-0.05, 0) is 25.6 Å². The van der Waals surface area contributed by atoms with E-state index in [1.807, 2.05) is 0 Å². The summed E-state index contributed by atoms with van der Waals surface area (Å²) in [7, 11) is -4.69. The molecule has 0 saturated carbocycles. The number of hydrogen-bond donors (Lipinski definition) is 1. The SMILES string of the molecule is CCCCN1C=CC(C)=CC1.[O-][Cl+3]([O-])([O-])O. The lowest BCUT2D eigenvalue weighted by Gasteiger charge is -2.21. The van der Waals surface area contributed by atoms with E-state index in [0.29, 0.717) is 0 Å². The molecule has 0 aromatic carbocycles. The van der Waals surface area contributed by atoms with Crippen LogP contribution in [0.2, 0.25) is 0 Å². The minimum atomic E-state index is -4.69. The minimum Gasteiger partial charge on any atom is -0.374 e. The average Bonchev–Trinajstić information content (AvgIpc) is 2.14. The highest BCUT2D eigenvalue weighted by molar-refractivity contribution is 5.19. The number of halogens is 1. The van der Waals surface area contributed by atoms with E-state index in [2.05, 4.69) is 37.1 Å². The molecule has 0 fully saturated rings. The second kappa shape index (κ2) is 7.65. The molecule has 16 heavy (non-hydrogen) atoms. The first-order valence-corrected chi connectivity index (χ1v) is 6.31. The number of allylic oxidation sites excluding steroid dienone is 2. The van der Waals surface area contributed by atoms with Gasteiger partial charge in [0.05, 0.1) is 14.9 Å². The summed E-state index contributed by atoms with van der Waals surface area (Å²) in [5.74, 6) is 0. The molecule has 0 radical (unpaired) electrons. The average molecular weight is 252 g/mol. The largest absolute Gasteiger partial charge is 0.374 e. The van der Waals surface area contributed by atoms with Gasteiger partial charge in [-0.15, -0.1) is 0 Å². The number of unbranched alkanes of at least 4 members (excludes halogenated alkanes) is 1. The maximum absolute atomic E-state index is 8.60. The fourth-order valence-corrected chi connectivity index (χ4v) is 1.14. The fraction of sp³-hybridized carbons (Fsp3) is 0.600. The molecule has 0 bridgehead atoms. The maximum atomic E-state index is 8.60. The van der Waals surface area contributed by atoms with Gasteiger partial charge >= 0.3 is 0 Å². The second-order valence-corrected chi connectivity index (χ2v) is 4.30. The van der Waals surface area contributed by atoms with Crippen LogP contribution in [0.4, 0.5) is 0 Å². The molecule has 0 unspecified atom stereocenters. The van der Waals surface area contributed by atoms with Crippen molar-refractivity contribution in [2.24, 2.45) is 0 Å². The number of nitrogens with zero attached hydrogens (tertiary/aromatic N) is 1. The Hall–Kier alpha value is -0.590. The molecule has 0 saturated heterocycles. The number of hydrogen-bond acceptors (Lipinski definition) is 5. The van der Waals surface area contributed by atoms with Gasteiger partial charge < -0.3 is 4.90 Å². The van der Waals surface area contributed by atoms with E-state index in [1.54, 1.807) is 0 Å². The zero-order chi connectivity index (χ0) is 12.6. The van der Waals surface area contributed by atoms with Crippen molar-refractivity contribution in [1.82, 2.24) is 4.90 Å². The van der Waals surface area contributed by atoms with Gasteiger partial charge in [-0.1, -0.05) is 25.0 Å². The van der Waals surface area contributed by atoms with Crippen molar-refractivity contribution in [3.05, 3.63) is 23.9 Å². The second-order valence-electron chi connectivity index (χ2n) is 3.51. The van der Waals surface area contributed by atoms with Crippen molar-refractivity contribution in [3.63, 3.8) is 0 Å². The molecule has 5 nitrogen and oxygen atoms in total. The summed E-state index contributed by atoms with van der Waals surface area (Å²) in [5.41, 5.74) is 1.39. The summed E-state index contributed by atoms with van der Waals surface area (Å²) < 4.78 is 32.7. The van der Waals surface area contributed by atoms with E-state index >= 15 is 0 Å². The van der Waals surface area contributed by atoms with E-state index in [9.17, 15) is 0 Å². The summed E-state index contributed by atoms with van der Waals surface area (Å²) in [5, 5.41) is 0. The molecule has 0 spiro atoms. The van der Waals surface area contributed by atoms with E-state index in [1.165, 1.54) is 25.0 Å². The lowest BCUT2D eigenvalue weighted by Crippen LogP contribution is -2.58. The molecule has 6 heteroatoms. The van der Waals surface area contributed by atoms with Gasteiger partial charge in [0.15, 0.2) is 0 Å². The zero-order valence-corrected chi connectivity index (χ0v) is 10.3. The molecule has 0 atom stereocenters. The third kappa shape index (κ3) is 11.5. The van der Waals surface area contributed by atoms with Crippen LogP contribution in [0.15, 0.2) is 23.9 Å². The monoisotopic (exact) mass is 251 g/mol. The molecule has 0 aromatic heterocycles. The Morgan fingerprint density at radius 2 is 2.00 bits per heavy atom. The van der Waals surface area contributed by atoms with E-state index < -0.39 is 10.2 Å². The van der Waals surface area contributed by atoms with Gasteiger partial charge in [0, 0.05) is 13.1 Å². The Labute approximate surface area is 98.0 Å². The van der Waals surface area contributed by atoms with Crippen LogP contribution < -0.4 is 14.0 Å². The highest BCUT2D eigenvalue weighted by atomic mass is 35.7. The topological polar surface area (TPSA) is 92.7 Å². The Kier molecular flexibility index (Phi) is 7.36. The molecule has 94 valence electrons. The first kappa shape index (κ1) is 15.4. The normalized spacial score (nSPS) is 15.4. The number of rotatable bonds is 3. The molecule has 1 aliphatic rings. The third-order valence-electron chi connectivity index (χ3n) is 1.99. The predicted octanol–water partition coefficient (Wildman–Crippen LogP) is -1.56. The highest BCUT2D eigenvalue weighted by Gasteiger charge is 1.99. The third-order valence-corrected chi connectivity index (χ3v) is 1.99. The summed E-state index contributed by atoms with van der Waals surface area (Å²) in [6.45, 7) is 6.68. The van der Waals surface area contributed by atoms with Crippen LogP contribution in [0, 0.1) is 10.2 Å². The smallest absolute Gasteiger partial charge is 0.0777 e. The van der Waals surface area contributed by atoms with Crippen molar-refractivity contribution in [2.45, 2.75) is 26.7 Å². The van der Waals surface area contributed by atoms with Crippen LogP contribution in [-0.4, -0.2) is 22.6 Å².